The van der Waals surface area contributed by atoms with Crippen LogP contribution in [0.1, 0.15) is 153 Å². The molecule has 2 rings (SSSR count). The van der Waals surface area contributed by atoms with Crippen LogP contribution < -0.4 is 10.6 Å². The summed E-state index contributed by atoms with van der Waals surface area (Å²) >= 11 is 0. The summed E-state index contributed by atoms with van der Waals surface area (Å²) in [6, 6.07) is 0. The van der Waals surface area contributed by atoms with Crippen molar-refractivity contribution in [1.82, 2.24) is 15.5 Å². The molecular formula is C34H65N3O. The lowest BCUT2D eigenvalue weighted by Crippen LogP contribution is -2.59. The number of rotatable bonds is 13. The summed E-state index contributed by atoms with van der Waals surface area (Å²) in [6.07, 6.45) is 13.9. The van der Waals surface area contributed by atoms with Crippen molar-refractivity contribution in [3.8, 4) is 0 Å². The minimum absolute atomic E-state index is 0.0119. The Labute approximate surface area is 237 Å². The molecule has 222 valence electrons. The number of allylic oxidation sites excluding steroid dienone is 1. The van der Waals surface area contributed by atoms with Gasteiger partial charge in [-0.25, -0.2) is 0 Å². The molecule has 0 atom stereocenters. The van der Waals surface area contributed by atoms with Gasteiger partial charge in [0, 0.05) is 40.8 Å². The summed E-state index contributed by atoms with van der Waals surface area (Å²) in [5.74, 6) is 1.08. The van der Waals surface area contributed by atoms with E-state index in [0.29, 0.717) is 17.7 Å². The zero-order chi connectivity index (χ0) is 28.8. The fourth-order valence-corrected chi connectivity index (χ4v) is 7.98. The summed E-state index contributed by atoms with van der Waals surface area (Å²) in [6.45, 7) is 27.3. The van der Waals surface area contributed by atoms with E-state index in [1.807, 2.05) is 0 Å². The first kappa shape index (κ1) is 33.3. The second-order valence-corrected chi connectivity index (χ2v) is 15.5. The van der Waals surface area contributed by atoms with Gasteiger partial charge < -0.3 is 15.5 Å². The van der Waals surface area contributed by atoms with Gasteiger partial charge in [0.1, 0.15) is 0 Å². The van der Waals surface area contributed by atoms with Gasteiger partial charge in [0.05, 0.1) is 0 Å². The molecule has 0 radical (unpaired) electrons. The molecule has 4 nitrogen and oxygen atoms in total. The Balaban J connectivity index is 2.50. The van der Waals surface area contributed by atoms with Crippen molar-refractivity contribution < 1.29 is 4.79 Å². The van der Waals surface area contributed by atoms with Crippen molar-refractivity contribution in [2.75, 3.05) is 13.1 Å². The van der Waals surface area contributed by atoms with Gasteiger partial charge in [0.2, 0.25) is 5.91 Å². The van der Waals surface area contributed by atoms with Crippen LogP contribution in [0.5, 0.6) is 0 Å². The van der Waals surface area contributed by atoms with Crippen molar-refractivity contribution in [3.63, 3.8) is 0 Å². The lowest BCUT2D eigenvalue weighted by Gasteiger charge is -2.49. The maximum absolute atomic E-state index is 14.7. The Bertz CT molecular complexity index is 748. The second kappa shape index (κ2) is 13.7. The predicted molar refractivity (Wildman–Crippen MR) is 166 cm³/mol. The molecule has 0 unspecified atom stereocenters. The van der Waals surface area contributed by atoms with E-state index in [1.165, 1.54) is 44.1 Å². The molecule has 0 saturated carbocycles. The zero-order valence-corrected chi connectivity index (χ0v) is 27.4. The first-order valence-electron chi connectivity index (χ1n) is 16.1. The Kier molecular flexibility index (Phi) is 12.0. The molecule has 0 aromatic rings. The van der Waals surface area contributed by atoms with E-state index < -0.39 is 0 Å². The highest BCUT2D eigenvalue weighted by Crippen LogP contribution is 2.43. The van der Waals surface area contributed by atoms with E-state index in [1.54, 1.807) is 0 Å². The van der Waals surface area contributed by atoms with Gasteiger partial charge in [-0.2, -0.15) is 0 Å². The number of amides is 1. The van der Waals surface area contributed by atoms with Gasteiger partial charge in [0.15, 0.2) is 0 Å². The first-order valence-corrected chi connectivity index (χ1v) is 16.1. The number of carbonyl (C=O) groups is 1. The number of hydrogen-bond acceptors (Lipinski definition) is 3. The van der Waals surface area contributed by atoms with Gasteiger partial charge in [-0.05, 0) is 113 Å². The SMILES string of the molecule is CCCCCCN(CCCCCC)C(=O)C(=C(C)C1CC(C)(C)NC(C)(C)C1)C1CC(C)(C)NC(C)(C)C1. The summed E-state index contributed by atoms with van der Waals surface area (Å²) < 4.78 is 0. The standard InChI is InChI=1S/C34H65N3O/c1-12-14-16-18-20-37(21-19-17-15-13-2)30(38)29(28-24-33(8,9)36-34(10,11)25-28)26(3)27-22-31(4,5)35-32(6,7)23-27/h27-28,35-36H,12-25H2,1-11H3. The van der Waals surface area contributed by atoms with Crippen LogP contribution in [-0.4, -0.2) is 46.1 Å². The normalized spacial score (nSPS) is 23.7. The Hall–Kier alpha value is -0.870. The van der Waals surface area contributed by atoms with Crippen LogP contribution in [0.3, 0.4) is 0 Å². The van der Waals surface area contributed by atoms with E-state index >= 15 is 0 Å². The van der Waals surface area contributed by atoms with Crippen molar-refractivity contribution in [1.29, 1.82) is 0 Å². The van der Waals surface area contributed by atoms with E-state index in [9.17, 15) is 4.79 Å². The minimum Gasteiger partial charge on any atom is -0.339 e. The van der Waals surface area contributed by atoms with Crippen LogP contribution in [0.25, 0.3) is 0 Å². The third kappa shape index (κ3) is 10.3. The molecule has 0 aromatic carbocycles. The summed E-state index contributed by atoms with van der Waals surface area (Å²) in [5.41, 5.74) is 2.69. The smallest absolute Gasteiger partial charge is 0.250 e. The Morgan fingerprint density at radius 3 is 1.37 bits per heavy atom. The largest absolute Gasteiger partial charge is 0.339 e. The molecule has 2 fully saturated rings. The second-order valence-electron chi connectivity index (χ2n) is 15.5. The predicted octanol–water partition coefficient (Wildman–Crippen LogP) is 8.41. The number of unbranched alkanes of at least 4 members (excludes halogenated alkanes) is 6. The summed E-state index contributed by atoms with van der Waals surface area (Å²) in [5, 5.41) is 7.73. The molecule has 4 heteroatoms. The number of hydrogen-bond donors (Lipinski definition) is 2. The monoisotopic (exact) mass is 532 g/mol. The third-order valence-corrected chi connectivity index (χ3v) is 8.91. The zero-order valence-electron chi connectivity index (χ0n) is 27.4. The fourth-order valence-electron chi connectivity index (χ4n) is 7.98. The van der Waals surface area contributed by atoms with E-state index in [-0.39, 0.29) is 22.2 Å². The number of carbonyl (C=O) groups excluding carboxylic acids is 1. The topological polar surface area (TPSA) is 44.4 Å². The van der Waals surface area contributed by atoms with Crippen molar-refractivity contribution in [2.24, 2.45) is 11.8 Å². The van der Waals surface area contributed by atoms with Crippen LogP contribution in [0.2, 0.25) is 0 Å². The Morgan fingerprint density at radius 1 is 0.632 bits per heavy atom. The van der Waals surface area contributed by atoms with Crippen LogP contribution in [-0.2, 0) is 4.79 Å². The molecule has 38 heavy (non-hydrogen) atoms. The van der Waals surface area contributed by atoms with Gasteiger partial charge in [-0.15, -0.1) is 0 Å². The highest BCUT2D eigenvalue weighted by molar-refractivity contribution is 5.95. The molecule has 2 aliphatic rings. The van der Waals surface area contributed by atoms with Crippen LogP contribution in [0, 0.1) is 11.8 Å². The quantitative estimate of drug-likeness (QED) is 0.185. The molecule has 0 aliphatic carbocycles. The summed E-state index contributed by atoms with van der Waals surface area (Å²) in [7, 11) is 0. The molecule has 2 N–H and O–H groups in total. The van der Waals surface area contributed by atoms with Gasteiger partial charge in [-0.3, -0.25) is 4.79 Å². The first-order chi connectivity index (χ1) is 17.5. The lowest BCUT2D eigenvalue weighted by molar-refractivity contribution is -0.128. The van der Waals surface area contributed by atoms with Crippen LogP contribution >= 0.6 is 0 Å². The highest BCUT2D eigenvalue weighted by Gasteiger charge is 2.44. The average Bonchev–Trinajstić information content (AvgIpc) is 2.73. The number of nitrogens with zero attached hydrogens (tertiary/aromatic N) is 1. The third-order valence-electron chi connectivity index (χ3n) is 8.91. The molecule has 2 saturated heterocycles. The van der Waals surface area contributed by atoms with E-state index in [4.69, 9.17) is 0 Å². The molecule has 1 amide bonds. The summed E-state index contributed by atoms with van der Waals surface area (Å²) in [4.78, 5) is 17.0. The number of nitrogens with one attached hydrogen (secondary N) is 2. The van der Waals surface area contributed by atoms with Crippen LogP contribution in [0.15, 0.2) is 11.1 Å². The van der Waals surface area contributed by atoms with Gasteiger partial charge >= 0.3 is 0 Å². The molecule has 2 heterocycles. The van der Waals surface area contributed by atoms with Gasteiger partial charge in [-0.1, -0.05) is 57.9 Å². The highest BCUT2D eigenvalue weighted by atomic mass is 16.2. The molecule has 0 spiro atoms. The maximum Gasteiger partial charge on any atom is 0.250 e. The Morgan fingerprint density at radius 2 is 1.00 bits per heavy atom. The van der Waals surface area contributed by atoms with Crippen molar-refractivity contribution >= 4 is 5.91 Å². The molecular weight excluding hydrogens is 466 g/mol. The van der Waals surface area contributed by atoms with Crippen molar-refractivity contribution in [2.45, 2.75) is 175 Å². The lowest BCUT2D eigenvalue weighted by atomic mass is 9.68. The molecule has 0 aromatic heterocycles. The minimum atomic E-state index is 0.0119. The van der Waals surface area contributed by atoms with E-state index in [0.717, 1.165) is 57.2 Å². The van der Waals surface area contributed by atoms with E-state index in [2.05, 4.69) is 91.7 Å². The average molecular weight is 532 g/mol. The van der Waals surface area contributed by atoms with Crippen molar-refractivity contribution in [3.05, 3.63) is 11.1 Å². The molecule has 2 aliphatic heterocycles. The molecule has 0 bridgehead atoms. The van der Waals surface area contributed by atoms with Crippen LogP contribution in [0.4, 0.5) is 0 Å². The fraction of sp³-hybridized carbons (Fsp3) is 0.912. The maximum atomic E-state index is 14.7. The van der Waals surface area contributed by atoms with Gasteiger partial charge in [0.25, 0.3) is 0 Å². The number of piperidine rings is 2.